The standard InChI is InChI=1S/C5H11NO3.HNO3/c1-3-5(4(2)7)6(8)9;2-1(3)4/h4-5,7H,3H2,1-2H3;(H,2,3,4). The van der Waals surface area contributed by atoms with Crippen molar-refractivity contribution in [3.63, 3.8) is 0 Å². The molecule has 8 nitrogen and oxygen atoms in total. The summed E-state index contributed by atoms with van der Waals surface area (Å²) in [6.07, 6.45) is -0.463. The van der Waals surface area contributed by atoms with E-state index >= 15 is 0 Å². The first-order chi connectivity index (χ1) is 5.82. The van der Waals surface area contributed by atoms with Crippen LogP contribution in [0.4, 0.5) is 0 Å². The highest BCUT2D eigenvalue weighted by molar-refractivity contribution is 4.59. The minimum absolute atomic E-state index is 0.380. The van der Waals surface area contributed by atoms with Crippen LogP contribution in [0.2, 0.25) is 0 Å². The van der Waals surface area contributed by atoms with Crippen molar-refractivity contribution in [3.8, 4) is 0 Å². The summed E-state index contributed by atoms with van der Waals surface area (Å²) >= 11 is 0. The van der Waals surface area contributed by atoms with Crippen LogP contribution < -0.4 is 0 Å². The second-order valence-electron chi connectivity index (χ2n) is 2.24. The van der Waals surface area contributed by atoms with Crippen molar-refractivity contribution in [1.29, 1.82) is 0 Å². The average molecular weight is 196 g/mol. The van der Waals surface area contributed by atoms with Gasteiger partial charge in [0.2, 0.25) is 6.04 Å². The van der Waals surface area contributed by atoms with E-state index < -0.39 is 22.2 Å². The van der Waals surface area contributed by atoms with Crippen LogP contribution >= 0.6 is 0 Å². The third-order valence-electron chi connectivity index (χ3n) is 1.25. The fourth-order valence-electron chi connectivity index (χ4n) is 0.666. The van der Waals surface area contributed by atoms with Crippen LogP contribution in [-0.2, 0) is 0 Å². The number of nitrogens with zero attached hydrogens (tertiary/aromatic N) is 2. The summed E-state index contributed by atoms with van der Waals surface area (Å²) in [6.45, 7) is 3.11. The van der Waals surface area contributed by atoms with E-state index in [0.29, 0.717) is 6.42 Å². The molecule has 0 fully saturated rings. The van der Waals surface area contributed by atoms with Crippen molar-refractivity contribution in [2.75, 3.05) is 0 Å². The first-order valence-corrected chi connectivity index (χ1v) is 3.47. The van der Waals surface area contributed by atoms with Crippen LogP contribution in [-0.4, -0.2) is 32.5 Å². The van der Waals surface area contributed by atoms with E-state index in [-0.39, 0.29) is 0 Å². The number of hydrogen-bond donors (Lipinski definition) is 2. The lowest BCUT2D eigenvalue weighted by Crippen LogP contribution is -2.30. The third kappa shape index (κ3) is 10.6. The number of aliphatic hydroxyl groups excluding tert-OH is 1. The summed E-state index contributed by atoms with van der Waals surface area (Å²) in [5, 5.41) is 32.4. The Bertz CT molecular complexity index is 166. The first-order valence-electron chi connectivity index (χ1n) is 3.47. The lowest BCUT2D eigenvalue weighted by atomic mass is 10.1. The largest absolute Gasteiger partial charge is 0.386 e. The lowest BCUT2D eigenvalue weighted by Gasteiger charge is -2.07. The summed E-state index contributed by atoms with van der Waals surface area (Å²) in [4.78, 5) is 17.9. The second-order valence-corrected chi connectivity index (χ2v) is 2.24. The zero-order valence-corrected chi connectivity index (χ0v) is 7.28. The molecule has 0 amide bonds. The van der Waals surface area contributed by atoms with E-state index in [4.69, 9.17) is 20.4 Å². The van der Waals surface area contributed by atoms with Crippen LogP contribution in [0.3, 0.4) is 0 Å². The van der Waals surface area contributed by atoms with Gasteiger partial charge in [-0.3, -0.25) is 10.1 Å². The zero-order valence-electron chi connectivity index (χ0n) is 7.28. The van der Waals surface area contributed by atoms with E-state index in [9.17, 15) is 10.1 Å². The monoisotopic (exact) mass is 196 g/mol. The highest BCUT2D eigenvalue weighted by Gasteiger charge is 2.22. The highest BCUT2D eigenvalue weighted by atomic mass is 16.9. The molecule has 78 valence electrons. The van der Waals surface area contributed by atoms with Gasteiger partial charge in [0.05, 0.1) is 0 Å². The summed E-state index contributed by atoms with van der Waals surface area (Å²) in [5.41, 5.74) is 0. The molecular formula is C5H12N2O6. The zero-order chi connectivity index (χ0) is 11.0. The number of aliphatic hydroxyl groups is 1. The quantitative estimate of drug-likeness (QED) is 0.485. The highest BCUT2D eigenvalue weighted by Crippen LogP contribution is 2.00. The molecule has 0 radical (unpaired) electrons. The van der Waals surface area contributed by atoms with Gasteiger partial charge in [-0.2, -0.15) is 0 Å². The molecule has 0 saturated heterocycles. The fraction of sp³-hybridized carbons (Fsp3) is 1.00. The Hall–Kier alpha value is -1.44. The Morgan fingerprint density at radius 1 is 1.38 bits per heavy atom. The van der Waals surface area contributed by atoms with Gasteiger partial charge in [-0.15, -0.1) is 10.1 Å². The maximum Gasteiger partial charge on any atom is 0.291 e. The topological polar surface area (TPSA) is 127 Å². The fourth-order valence-corrected chi connectivity index (χ4v) is 0.666. The molecule has 0 aromatic rings. The third-order valence-corrected chi connectivity index (χ3v) is 1.25. The summed E-state index contributed by atoms with van der Waals surface area (Å²) in [5.74, 6) is 0. The van der Waals surface area contributed by atoms with Gasteiger partial charge in [-0.25, -0.2) is 0 Å². The predicted octanol–water partition coefficient (Wildman–Crippen LogP) is 0.0748. The van der Waals surface area contributed by atoms with Crippen molar-refractivity contribution < 1.29 is 20.3 Å². The van der Waals surface area contributed by atoms with E-state index in [2.05, 4.69) is 0 Å². The van der Waals surface area contributed by atoms with Crippen molar-refractivity contribution >= 4 is 0 Å². The molecule has 8 heteroatoms. The summed E-state index contributed by atoms with van der Waals surface area (Å²) in [6, 6.07) is -0.801. The molecule has 0 aliphatic carbocycles. The smallest absolute Gasteiger partial charge is 0.291 e. The molecule has 0 aromatic heterocycles. The van der Waals surface area contributed by atoms with Gasteiger partial charge in [-0.1, -0.05) is 6.92 Å². The van der Waals surface area contributed by atoms with Crippen molar-refractivity contribution in [3.05, 3.63) is 20.2 Å². The Morgan fingerprint density at radius 3 is 1.69 bits per heavy atom. The molecule has 0 spiro atoms. The Kier molecular flexibility index (Phi) is 7.84. The van der Waals surface area contributed by atoms with Gasteiger partial charge in [-0.05, 0) is 6.92 Å². The van der Waals surface area contributed by atoms with Crippen molar-refractivity contribution in [2.45, 2.75) is 32.4 Å². The minimum atomic E-state index is -1.50. The van der Waals surface area contributed by atoms with Crippen LogP contribution in [0.5, 0.6) is 0 Å². The maximum atomic E-state index is 10.0. The average Bonchev–Trinajstić information content (AvgIpc) is 1.84. The molecule has 2 N–H and O–H groups in total. The van der Waals surface area contributed by atoms with Crippen molar-refractivity contribution in [1.82, 2.24) is 0 Å². The molecule has 0 aliphatic heterocycles. The van der Waals surface area contributed by atoms with E-state index in [1.807, 2.05) is 0 Å². The maximum absolute atomic E-state index is 10.0. The van der Waals surface area contributed by atoms with Crippen LogP contribution in [0.25, 0.3) is 0 Å². The number of hydrogen-bond acceptors (Lipinski definition) is 5. The van der Waals surface area contributed by atoms with Crippen LogP contribution in [0, 0.1) is 20.2 Å². The Morgan fingerprint density at radius 2 is 1.69 bits per heavy atom. The SMILES string of the molecule is CCC(C(C)O)[N+](=O)[O-].O=[N+]([O-])O. The Balaban J connectivity index is 0. The second kappa shape index (κ2) is 7.22. The first kappa shape index (κ1) is 14.1. The van der Waals surface area contributed by atoms with E-state index in [1.54, 1.807) is 6.92 Å². The van der Waals surface area contributed by atoms with E-state index in [0.717, 1.165) is 0 Å². The molecule has 13 heavy (non-hydrogen) atoms. The molecule has 0 bridgehead atoms. The number of nitro groups is 1. The molecule has 2 unspecified atom stereocenters. The minimum Gasteiger partial charge on any atom is -0.386 e. The molecule has 0 aliphatic rings. The molecule has 0 aromatic carbocycles. The van der Waals surface area contributed by atoms with Crippen molar-refractivity contribution in [2.24, 2.45) is 0 Å². The lowest BCUT2D eigenvalue weighted by molar-refractivity contribution is -0.742. The van der Waals surface area contributed by atoms with Crippen LogP contribution in [0.15, 0.2) is 0 Å². The molecule has 0 rings (SSSR count). The van der Waals surface area contributed by atoms with Gasteiger partial charge in [0.25, 0.3) is 5.09 Å². The Labute approximate surface area is 74.1 Å². The van der Waals surface area contributed by atoms with Gasteiger partial charge in [0, 0.05) is 11.3 Å². The molecule has 2 atom stereocenters. The molecule has 0 heterocycles. The number of rotatable bonds is 3. The normalized spacial score (nSPS) is 13.5. The summed E-state index contributed by atoms with van der Waals surface area (Å²) in [7, 11) is 0. The molecular weight excluding hydrogens is 184 g/mol. The van der Waals surface area contributed by atoms with Gasteiger partial charge in [0.1, 0.15) is 6.10 Å². The van der Waals surface area contributed by atoms with Gasteiger partial charge in [0.15, 0.2) is 0 Å². The molecule has 0 saturated carbocycles. The van der Waals surface area contributed by atoms with Crippen LogP contribution in [0.1, 0.15) is 20.3 Å². The summed E-state index contributed by atoms with van der Waals surface area (Å²) < 4.78 is 0. The predicted molar refractivity (Wildman–Crippen MR) is 41.5 cm³/mol. The van der Waals surface area contributed by atoms with Gasteiger partial charge >= 0.3 is 0 Å². The van der Waals surface area contributed by atoms with E-state index in [1.165, 1.54) is 6.92 Å². The van der Waals surface area contributed by atoms with Gasteiger partial charge < -0.3 is 10.3 Å².